The van der Waals surface area contributed by atoms with Crippen molar-refractivity contribution in [1.82, 2.24) is 10.2 Å². The quantitative estimate of drug-likeness (QED) is 0.677. The SMILES string of the molecule is COC(=O)c1oc(CN2C(=O)NC3(CCCCC3C)C2=O)cc1C. The minimum Gasteiger partial charge on any atom is -0.463 e. The molecule has 0 radical (unpaired) electrons. The van der Waals surface area contributed by atoms with Crippen molar-refractivity contribution >= 4 is 17.9 Å². The van der Waals surface area contributed by atoms with Crippen LogP contribution in [0, 0.1) is 12.8 Å². The molecule has 2 unspecified atom stereocenters. The molecular weight excluding hydrogens is 312 g/mol. The molecule has 3 amide bonds. The predicted molar refractivity (Wildman–Crippen MR) is 84.2 cm³/mol. The summed E-state index contributed by atoms with van der Waals surface area (Å²) in [5, 5.41) is 2.90. The molecule has 7 nitrogen and oxygen atoms in total. The molecule has 1 spiro atoms. The fraction of sp³-hybridized carbons (Fsp3) is 0.588. The van der Waals surface area contributed by atoms with Crippen LogP contribution >= 0.6 is 0 Å². The van der Waals surface area contributed by atoms with Crippen molar-refractivity contribution in [2.75, 3.05) is 7.11 Å². The van der Waals surface area contributed by atoms with Crippen molar-refractivity contribution in [3.05, 3.63) is 23.2 Å². The van der Waals surface area contributed by atoms with Crippen LogP contribution < -0.4 is 5.32 Å². The number of hydrogen-bond donors (Lipinski definition) is 1. The first-order valence-electron chi connectivity index (χ1n) is 8.21. The molecule has 3 rings (SSSR count). The van der Waals surface area contributed by atoms with Crippen LogP contribution in [0.1, 0.15) is 54.5 Å². The number of furan rings is 1. The molecule has 2 aliphatic rings. The van der Waals surface area contributed by atoms with Gasteiger partial charge in [0, 0.05) is 5.56 Å². The monoisotopic (exact) mass is 334 g/mol. The topological polar surface area (TPSA) is 88.8 Å². The minimum absolute atomic E-state index is 0.0109. The van der Waals surface area contributed by atoms with Gasteiger partial charge in [-0.2, -0.15) is 0 Å². The molecule has 0 bridgehead atoms. The lowest BCUT2D eigenvalue weighted by Crippen LogP contribution is -2.53. The highest BCUT2D eigenvalue weighted by Gasteiger charge is 2.54. The number of nitrogens with one attached hydrogen (secondary N) is 1. The van der Waals surface area contributed by atoms with Gasteiger partial charge in [-0.05, 0) is 31.7 Å². The summed E-state index contributed by atoms with van der Waals surface area (Å²) in [4.78, 5) is 38.1. The number of carbonyl (C=O) groups is 3. The van der Waals surface area contributed by atoms with Crippen LogP contribution in [0.2, 0.25) is 0 Å². The Balaban J connectivity index is 1.82. The van der Waals surface area contributed by atoms with Gasteiger partial charge in [0.1, 0.15) is 11.3 Å². The Labute approximate surface area is 140 Å². The van der Waals surface area contributed by atoms with Gasteiger partial charge in [0.25, 0.3) is 5.91 Å². The van der Waals surface area contributed by atoms with E-state index < -0.39 is 17.5 Å². The Bertz CT molecular complexity index is 695. The first-order chi connectivity index (χ1) is 11.4. The van der Waals surface area contributed by atoms with Gasteiger partial charge in [0.2, 0.25) is 5.76 Å². The van der Waals surface area contributed by atoms with E-state index in [4.69, 9.17) is 4.42 Å². The summed E-state index contributed by atoms with van der Waals surface area (Å²) in [5.41, 5.74) is -0.174. The van der Waals surface area contributed by atoms with Gasteiger partial charge in [-0.15, -0.1) is 0 Å². The van der Waals surface area contributed by atoms with Crippen molar-refractivity contribution < 1.29 is 23.5 Å². The number of methoxy groups -OCH3 is 1. The van der Waals surface area contributed by atoms with E-state index in [1.54, 1.807) is 13.0 Å². The van der Waals surface area contributed by atoms with Crippen LogP contribution in [0.4, 0.5) is 4.79 Å². The average molecular weight is 334 g/mol. The number of carbonyl (C=O) groups excluding carboxylic acids is 3. The smallest absolute Gasteiger partial charge is 0.374 e. The second kappa shape index (κ2) is 5.96. The van der Waals surface area contributed by atoms with Gasteiger partial charge in [0.05, 0.1) is 13.7 Å². The predicted octanol–water partition coefficient (Wildman–Crippen LogP) is 2.38. The number of urea groups is 1. The lowest BCUT2D eigenvalue weighted by atomic mass is 9.73. The number of ether oxygens (including phenoxy) is 1. The van der Waals surface area contributed by atoms with Gasteiger partial charge in [0.15, 0.2) is 0 Å². The molecule has 1 saturated heterocycles. The number of hydrogen-bond acceptors (Lipinski definition) is 5. The van der Waals surface area contributed by atoms with E-state index in [-0.39, 0.29) is 24.1 Å². The zero-order valence-corrected chi connectivity index (χ0v) is 14.2. The molecule has 1 N–H and O–H groups in total. The van der Waals surface area contributed by atoms with E-state index in [9.17, 15) is 14.4 Å². The highest BCUT2D eigenvalue weighted by molar-refractivity contribution is 6.07. The summed E-state index contributed by atoms with van der Waals surface area (Å²) in [6, 6.07) is 1.25. The Kier molecular flexibility index (Phi) is 4.11. The summed E-state index contributed by atoms with van der Waals surface area (Å²) in [6.45, 7) is 3.74. The molecule has 0 aromatic carbocycles. The van der Waals surface area contributed by atoms with Gasteiger partial charge in [-0.3, -0.25) is 9.69 Å². The van der Waals surface area contributed by atoms with Gasteiger partial charge in [-0.25, -0.2) is 9.59 Å². The van der Waals surface area contributed by atoms with Crippen molar-refractivity contribution in [2.24, 2.45) is 5.92 Å². The van der Waals surface area contributed by atoms with E-state index in [0.717, 1.165) is 19.3 Å². The normalized spacial score (nSPS) is 26.8. The number of imide groups is 1. The van der Waals surface area contributed by atoms with E-state index in [0.29, 0.717) is 17.7 Å². The molecule has 2 fully saturated rings. The van der Waals surface area contributed by atoms with E-state index in [1.807, 2.05) is 6.92 Å². The van der Waals surface area contributed by atoms with Crippen LogP contribution in [0.15, 0.2) is 10.5 Å². The largest absolute Gasteiger partial charge is 0.463 e. The first kappa shape index (κ1) is 16.5. The Hall–Kier alpha value is -2.31. The highest BCUT2D eigenvalue weighted by atomic mass is 16.5. The zero-order chi connectivity index (χ0) is 17.5. The average Bonchev–Trinajstić information content (AvgIpc) is 3.03. The van der Waals surface area contributed by atoms with Crippen molar-refractivity contribution in [1.29, 1.82) is 0 Å². The van der Waals surface area contributed by atoms with Crippen LogP contribution in [0.25, 0.3) is 0 Å². The number of amides is 3. The molecule has 2 heterocycles. The molecular formula is C17H22N2O5. The van der Waals surface area contributed by atoms with Crippen molar-refractivity contribution in [3.63, 3.8) is 0 Å². The molecule has 1 aromatic heterocycles. The Morgan fingerprint density at radius 1 is 1.46 bits per heavy atom. The zero-order valence-electron chi connectivity index (χ0n) is 14.2. The summed E-state index contributed by atoms with van der Waals surface area (Å²) in [6.07, 6.45) is 3.59. The fourth-order valence-corrected chi connectivity index (χ4v) is 3.72. The van der Waals surface area contributed by atoms with Gasteiger partial charge in [-0.1, -0.05) is 19.8 Å². The van der Waals surface area contributed by atoms with Gasteiger partial charge >= 0.3 is 12.0 Å². The third-order valence-electron chi connectivity index (χ3n) is 5.15. The van der Waals surface area contributed by atoms with Gasteiger partial charge < -0.3 is 14.5 Å². The summed E-state index contributed by atoms with van der Waals surface area (Å²) in [7, 11) is 1.27. The standard InChI is InChI=1S/C17H22N2O5/c1-10-8-12(24-13(10)14(20)23-3)9-19-15(21)17(18-16(19)22)7-5-4-6-11(17)2/h8,11H,4-7,9H2,1-3H3,(H,18,22). The lowest BCUT2D eigenvalue weighted by molar-refractivity contribution is -0.134. The Morgan fingerprint density at radius 2 is 2.21 bits per heavy atom. The Morgan fingerprint density at radius 3 is 2.88 bits per heavy atom. The van der Waals surface area contributed by atoms with Crippen molar-refractivity contribution in [3.8, 4) is 0 Å². The minimum atomic E-state index is -0.790. The van der Waals surface area contributed by atoms with E-state index in [1.165, 1.54) is 12.0 Å². The van der Waals surface area contributed by atoms with Crippen LogP contribution in [0.3, 0.4) is 0 Å². The molecule has 1 saturated carbocycles. The van der Waals surface area contributed by atoms with Crippen LogP contribution in [-0.2, 0) is 16.1 Å². The third-order valence-corrected chi connectivity index (χ3v) is 5.15. The molecule has 24 heavy (non-hydrogen) atoms. The van der Waals surface area contributed by atoms with Crippen molar-refractivity contribution in [2.45, 2.75) is 51.6 Å². The summed E-state index contributed by atoms with van der Waals surface area (Å²) in [5.74, 6) is -0.185. The highest BCUT2D eigenvalue weighted by Crippen LogP contribution is 2.38. The molecule has 1 aliphatic heterocycles. The number of aryl methyl sites for hydroxylation is 1. The fourth-order valence-electron chi connectivity index (χ4n) is 3.72. The maximum atomic E-state index is 12.9. The second-order valence-corrected chi connectivity index (χ2v) is 6.66. The molecule has 1 aliphatic carbocycles. The van der Waals surface area contributed by atoms with E-state index in [2.05, 4.69) is 10.1 Å². The van der Waals surface area contributed by atoms with Crippen LogP contribution in [0.5, 0.6) is 0 Å². The maximum Gasteiger partial charge on any atom is 0.374 e. The van der Waals surface area contributed by atoms with Crippen LogP contribution in [-0.4, -0.2) is 35.5 Å². The lowest BCUT2D eigenvalue weighted by Gasteiger charge is -2.36. The maximum absolute atomic E-state index is 12.9. The van der Waals surface area contributed by atoms with E-state index >= 15 is 0 Å². The summed E-state index contributed by atoms with van der Waals surface area (Å²) >= 11 is 0. The molecule has 2 atom stereocenters. The molecule has 1 aromatic rings. The second-order valence-electron chi connectivity index (χ2n) is 6.66. The number of esters is 1. The molecule has 130 valence electrons. The number of nitrogens with zero attached hydrogens (tertiary/aromatic N) is 1. The first-order valence-corrected chi connectivity index (χ1v) is 8.21. The third kappa shape index (κ3) is 2.48. The molecule has 7 heteroatoms. The summed E-state index contributed by atoms with van der Waals surface area (Å²) < 4.78 is 10.1. The number of rotatable bonds is 3.